The van der Waals surface area contributed by atoms with Crippen molar-refractivity contribution in [3.63, 3.8) is 0 Å². The molecule has 0 nitrogen and oxygen atoms in total. The second-order valence-electron chi connectivity index (χ2n) is 4.04. The van der Waals surface area contributed by atoms with Crippen molar-refractivity contribution in [2.45, 2.75) is 42.9 Å². The van der Waals surface area contributed by atoms with Crippen molar-refractivity contribution in [2.24, 2.45) is 0 Å². The van der Waals surface area contributed by atoms with E-state index in [4.69, 9.17) is 0 Å². The van der Waals surface area contributed by atoms with E-state index in [2.05, 4.69) is 40.7 Å². The molecule has 1 aromatic rings. The van der Waals surface area contributed by atoms with Crippen LogP contribution in [0.15, 0.2) is 27.6 Å². The van der Waals surface area contributed by atoms with Gasteiger partial charge < -0.3 is 0 Å². The van der Waals surface area contributed by atoms with Gasteiger partial charge in [0.15, 0.2) is 0 Å². The quantitative estimate of drug-likeness (QED) is 0.698. The largest absolute Gasteiger partial charge is 0.143 e. The molecular weight excluding hydrogens is 256 g/mol. The summed E-state index contributed by atoms with van der Waals surface area (Å²) in [5, 5.41) is 0. The lowest BCUT2D eigenvalue weighted by Crippen LogP contribution is -2.05. The fourth-order valence-electron chi connectivity index (χ4n) is 2.26. The fourth-order valence-corrected chi connectivity index (χ4v) is 3.04. The van der Waals surface area contributed by atoms with Gasteiger partial charge in [-0.05, 0) is 42.5 Å². The highest BCUT2D eigenvalue weighted by Crippen LogP contribution is 2.37. The fraction of sp³-hybridized carbons (Fsp3) is 0.500. The van der Waals surface area contributed by atoms with E-state index in [9.17, 15) is 0 Å². The van der Waals surface area contributed by atoms with Crippen LogP contribution in [0.4, 0.5) is 0 Å². The van der Waals surface area contributed by atoms with E-state index < -0.39 is 0 Å². The molecule has 0 atom stereocenters. The molecule has 0 radical (unpaired) electrons. The monoisotopic (exact) mass is 270 g/mol. The first-order valence-electron chi connectivity index (χ1n) is 5.26. The van der Waals surface area contributed by atoms with E-state index in [1.54, 1.807) is 0 Å². The zero-order chi connectivity index (χ0) is 9.97. The van der Waals surface area contributed by atoms with Crippen LogP contribution in [-0.4, -0.2) is 0 Å². The Hall–Kier alpha value is 0.0500. The van der Waals surface area contributed by atoms with Gasteiger partial charge in [-0.2, -0.15) is 0 Å². The van der Waals surface area contributed by atoms with Gasteiger partial charge in [-0.3, -0.25) is 0 Å². The minimum absolute atomic E-state index is 0.755. The van der Waals surface area contributed by atoms with Gasteiger partial charge in [-0.15, -0.1) is 12.6 Å². The van der Waals surface area contributed by atoms with Crippen LogP contribution >= 0.6 is 28.6 Å². The van der Waals surface area contributed by atoms with Gasteiger partial charge in [-0.1, -0.05) is 35.2 Å². The second-order valence-corrected chi connectivity index (χ2v) is 5.41. The van der Waals surface area contributed by atoms with Crippen molar-refractivity contribution in [2.75, 3.05) is 0 Å². The predicted molar refractivity (Wildman–Crippen MR) is 67.2 cm³/mol. The lowest BCUT2D eigenvalue weighted by Gasteiger charge is -2.23. The van der Waals surface area contributed by atoms with Crippen LogP contribution in [0.3, 0.4) is 0 Å². The van der Waals surface area contributed by atoms with Crippen LogP contribution < -0.4 is 0 Å². The van der Waals surface area contributed by atoms with Crippen molar-refractivity contribution in [1.82, 2.24) is 0 Å². The van der Waals surface area contributed by atoms with Gasteiger partial charge in [0.25, 0.3) is 0 Å². The third-order valence-electron chi connectivity index (χ3n) is 3.02. The Morgan fingerprint density at radius 1 is 1.14 bits per heavy atom. The molecule has 1 aliphatic rings. The zero-order valence-electron chi connectivity index (χ0n) is 8.17. The Morgan fingerprint density at radius 3 is 2.57 bits per heavy atom. The Balaban J connectivity index is 2.24. The van der Waals surface area contributed by atoms with Crippen molar-refractivity contribution < 1.29 is 0 Å². The Labute approximate surface area is 99.6 Å². The van der Waals surface area contributed by atoms with Crippen LogP contribution in [0.25, 0.3) is 0 Å². The first kappa shape index (κ1) is 10.6. The molecule has 76 valence electrons. The van der Waals surface area contributed by atoms with Gasteiger partial charge >= 0.3 is 0 Å². The molecule has 2 rings (SSSR count). The molecular formula is C12H15BrS. The standard InChI is InChI=1S/C12H15BrS/c13-12-7-6-10(14)8-11(12)9-4-2-1-3-5-9/h6-9,14H,1-5H2. The summed E-state index contributed by atoms with van der Waals surface area (Å²) in [5.41, 5.74) is 1.46. The molecule has 0 N–H and O–H groups in total. The number of rotatable bonds is 1. The molecule has 14 heavy (non-hydrogen) atoms. The summed E-state index contributed by atoms with van der Waals surface area (Å²) in [6, 6.07) is 6.37. The molecule has 2 heteroatoms. The van der Waals surface area contributed by atoms with Gasteiger partial charge in [0, 0.05) is 9.37 Å². The molecule has 0 spiro atoms. The number of halogens is 1. The summed E-state index contributed by atoms with van der Waals surface area (Å²) in [6.45, 7) is 0. The lowest BCUT2D eigenvalue weighted by molar-refractivity contribution is 0.442. The third-order valence-corrected chi connectivity index (χ3v) is 4.02. The van der Waals surface area contributed by atoms with E-state index in [-0.39, 0.29) is 0 Å². The molecule has 1 aliphatic carbocycles. The average molecular weight is 271 g/mol. The highest BCUT2D eigenvalue weighted by Gasteiger charge is 2.17. The summed E-state index contributed by atoms with van der Waals surface area (Å²) < 4.78 is 1.25. The zero-order valence-corrected chi connectivity index (χ0v) is 10.7. The van der Waals surface area contributed by atoms with E-state index in [1.807, 2.05) is 6.07 Å². The average Bonchev–Trinajstić information content (AvgIpc) is 2.23. The van der Waals surface area contributed by atoms with Crippen LogP contribution in [-0.2, 0) is 0 Å². The van der Waals surface area contributed by atoms with Gasteiger partial charge in [0.2, 0.25) is 0 Å². The highest BCUT2D eigenvalue weighted by molar-refractivity contribution is 9.10. The molecule has 0 unspecified atom stereocenters. The van der Waals surface area contributed by atoms with E-state index >= 15 is 0 Å². The van der Waals surface area contributed by atoms with Gasteiger partial charge in [0.05, 0.1) is 0 Å². The van der Waals surface area contributed by atoms with Crippen LogP contribution in [0.5, 0.6) is 0 Å². The van der Waals surface area contributed by atoms with E-state index in [1.165, 1.54) is 42.1 Å². The number of hydrogen-bond acceptors (Lipinski definition) is 1. The number of benzene rings is 1. The van der Waals surface area contributed by atoms with Crippen LogP contribution in [0, 0.1) is 0 Å². The van der Waals surface area contributed by atoms with E-state index in [0.717, 1.165) is 10.8 Å². The molecule has 1 saturated carbocycles. The summed E-state index contributed by atoms with van der Waals surface area (Å²) in [6.07, 6.45) is 6.86. The smallest absolute Gasteiger partial charge is 0.0210 e. The van der Waals surface area contributed by atoms with E-state index in [0.29, 0.717) is 0 Å². The van der Waals surface area contributed by atoms with Crippen LogP contribution in [0.2, 0.25) is 0 Å². The molecule has 1 aromatic carbocycles. The number of thiol groups is 1. The van der Waals surface area contributed by atoms with Crippen molar-refractivity contribution in [3.05, 3.63) is 28.2 Å². The maximum absolute atomic E-state index is 4.40. The predicted octanol–water partition coefficient (Wildman–Crippen LogP) is 4.79. The Kier molecular flexibility index (Phi) is 3.56. The highest BCUT2D eigenvalue weighted by atomic mass is 79.9. The number of hydrogen-bond donors (Lipinski definition) is 1. The molecule has 0 saturated heterocycles. The summed E-state index contributed by atoms with van der Waals surface area (Å²) in [5.74, 6) is 0.755. The summed E-state index contributed by atoms with van der Waals surface area (Å²) in [7, 11) is 0. The van der Waals surface area contributed by atoms with Gasteiger partial charge in [-0.25, -0.2) is 0 Å². The Bertz CT molecular complexity index is 316. The van der Waals surface area contributed by atoms with Crippen molar-refractivity contribution in [3.8, 4) is 0 Å². The SMILES string of the molecule is Sc1ccc(Br)c(C2CCCCC2)c1. The maximum Gasteiger partial charge on any atom is 0.0210 e. The molecule has 1 fully saturated rings. The minimum atomic E-state index is 0.755. The maximum atomic E-state index is 4.40. The van der Waals surface area contributed by atoms with Crippen molar-refractivity contribution >= 4 is 28.6 Å². The third kappa shape index (κ3) is 2.34. The molecule has 0 amide bonds. The first-order valence-corrected chi connectivity index (χ1v) is 6.50. The van der Waals surface area contributed by atoms with Crippen LogP contribution in [0.1, 0.15) is 43.6 Å². The second kappa shape index (κ2) is 4.71. The summed E-state index contributed by atoms with van der Waals surface area (Å²) in [4.78, 5) is 1.08. The minimum Gasteiger partial charge on any atom is -0.143 e. The summed E-state index contributed by atoms with van der Waals surface area (Å²) >= 11 is 8.03. The molecule has 0 bridgehead atoms. The molecule has 0 aliphatic heterocycles. The first-order chi connectivity index (χ1) is 6.77. The molecule has 0 heterocycles. The topological polar surface area (TPSA) is 0 Å². The normalized spacial score (nSPS) is 18.4. The Morgan fingerprint density at radius 2 is 1.86 bits per heavy atom. The molecule has 0 aromatic heterocycles. The van der Waals surface area contributed by atoms with Gasteiger partial charge in [0.1, 0.15) is 0 Å². The van der Waals surface area contributed by atoms with Crippen molar-refractivity contribution in [1.29, 1.82) is 0 Å². The lowest BCUT2D eigenvalue weighted by atomic mass is 9.84.